The topological polar surface area (TPSA) is 102 Å². The number of ether oxygens (including phenoxy) is 2. The molecule has 1 atom stereocenters. The van der Waals surface area contributed by atoms with Gasteiger partial charge in [-0.25, -0.2) is 18.4 Å². The first-order valence-corrected chi connectivity index (χ1v) is 8.87. The number of hydrogen-bond donors (Lipinski definition) is 0. The van der Waals surface area contributed by atoms with Crippen LogP contribution in [-0.4, -0.2) is 79.6 Å². The lowest BCUT2D eigenvalue weighted by molar-refractivity contribution is -0.130. The van der Waals surface area contributed by atoms with Crippen molar-refractivity contribution in [1.29, 1.82) is 0 Å². The van der Waals surface area contributed by atoms with Gasteiger partial charge in [-0.15, -0.1) is 0 Å². The molecule has 1 aromatic heterocycles. The first-order valence-electron chi connectivity index (χ1n) is 7.02. The van der Waals surface area contributed by atoms with Crippen LogP contribution in [0.4, 0.5) is 0 Å². The molecule has 1 amide bonds. The summed E-state index contributed by atoms with van der Waals surface area (Å²) in [4.78, 5) is 21.8. The molecule has 9 nitrogen and oxygen atoms in total. The second kappa shape index (κ2) is 7.09. The van der Waals surface area contributed by atoms with Crippen molar-refractivity contribution in [2.45, 2.75) is 12.5 Å². The fourth-order valence-electron chi connectivity index (χ4n) is 2.15. The second-order valence-corrected chi connectivity index (χ2v) is 7.35. The number of hydrogen-bond acceptors (Lipinski definition) is 7. The number of likely N-dealkylation sites (tertiary alicyclic amines) is 1. The van der Waals surface area contributed by atoms with Gasteiger partial charge in [-0.3, -0.25) is 4.79 Å². The third kappa shape index (κ3) is 4.52. The van der Waals surface area contributed by atoms with E-state index in [1.165, 1.54) is 26.6 Å². The zero-order chi connectivity index (χ0) is 17.0. The minimum atomic E-state index is -3.38. The molecule has 23 heavy (non-hydrogen) atoms. The summed E-state index contributed by atoms with van der Waals surface area (Å²) in [6, 6.07) is 0. The third-order valence-corrected chi connectivity index (χ3v) is 4.79. The largest absolute Gasteiger partial charge is 0.477 e. The molecule has 1 unspecified atom stereocenters. The maximum absolute atomic E-state index is 12.1. The fourth-order valence-corrected chi connectivity index (χ4v) is 2.49. The lowest BCUT2D eigenvalue weighted by Gasteiger charge is -2.20. The number of aromatic nitrogens is 2. The molecule has 0 saturated carbocycles. The van der Waals surface area contributed by atoms with E-state index in [1.807, 2.05) is 0 Å². The Kier molecular flexibility index (Phi) is 5.37. The average molecular weight is 344 g/mol. The van der Waals surface area contributed by atoms with E-state index in [0.29, 0.717) is 19.5 Å². The lowest BCUT2D eigenvalue weighted by atomic mass is 10.3. The molecule has 1 aromatic rings. The molecule has 0 radical (unpaired) electrons. The monoisotopic (exact) mass is 344 g/mol. The summed E-state index contributed by atoms with van der Waals surface area (Å²) in [6.07, 6.45) is 4.46. The molecular weight excluding hydrogens is 324 g/mol. The van der Waals surface area contributed by atoms with E-state index < -0.39 is 10.0 Å². The van der Waals surface area contributed by atoms with E-state index in [2.05, 4.69) is 9.97 Å². The lowest BCUT2D eigenvalue weighted by Crippen LogP contribution is -2.40. The molecule has 1 saturated heterocycles. The number of likely N-dealkylation sites (N-methyl/N-ethyl adjacent to an activating group) is 1. The van der Waals surface area contributed by atoms with Gasteiger partial charge in [-0.05, 0) is 0 Å². The van der Waals surface area contributed by atoms with Gasteiger partial charge in [0, 0.05) is 32.4 Å². The van der Waals surface area contributed by atoms with Crippen molar-refractivity contribution in [3.63, 3.8) is 0 Å². The Morgan fingerprint density at radius 2 is 2.04 bits per heavy atom. The van der Waals surface area contributed by atoms with Crippen LogP contribution in [0, 0.1) is 0 Å². The molecule has 2 rings (SSSR count). The number of amides is 1. The van der Waals surface area contributed by atoms with Gasteiger partial charge in [0.15, 0.2) is 0 Å². The number of rotatable bonds is 6. The Bertz CT molecular complexity index is 666. The van der Waals surface area contributed by atoms with Crippen LogP contribution in [-0.2, 0) is 14.8 Å². The van der Waals surface area contributed by atoms with Gasteiger partial charge in [-0.1, -0.05) is 0 Å². The van der Waals surface area contributed by atoms with Crippen molar-refractivity contribution >= 4 is 15.9 Å². The van der Waals surface area contributed by atoms with Crippen molar-refractivity contribution in [3.05, 3.63) is 12.4 Å². The molecule has 128 valence electrons. The van der Waals surface area contributed by atoms with E-state index in [-0.39, 0.29) is 30.3 Å². The molecule has 10 heteroatoms. The van der Waals surface area contributed by atoms with Crippen LogP contribution in [0.5, 0.6) is 11.8 Å². The Morgan fingerprint density at radius 1 is 1.39 bits per heavy atom. The Labute approximate surface area is 135 Å². The van der Waals surface area contributed by atoms with Crippen molar-refractivity contribution in [2.24, 2.45) is 0 Å². The van der Waals surface area contributed by atoms with Crippen LogP contribution in [0.3, 0.4) is 0 Å². The van der Waals surface area contributed by atoms with Crippen LogP contribution in [0.25, 0.3) is 0 Å². The highest BCUT2D eigenvalue weighted by Gasteiger charge is 2.30. The quantitative estimate of drug-likeness (QED) is 0.676. The predicted octanol–water partition coefficient (Wildman–Crippen LogP) is -0.644. The Morgan fingerprint density at radius 3 is 2.65 bits per heavy atom. The van der Waals surface area contributed by atoms with Crippen LogP contribution in [0.1, 0.15) is 6.42 Å². The fraction of sp³-hybridized carbons (Fsp3) is 0.615. The second-order valence-electron chi connectivity index (χ2n) is 5.26. The molecule has 0 aromatic carbocycles. The standard InChI is InChI=1S/C13H20N4O5S/c1-16(23(3,19)20)9-11(18)17-7-4-10(8-17)22-13-12(21-2)14-5-6-15-13/h5-6,10H,4,7-9H2,1-3H3. The van der Waals surface area contributed by atoms with Crippen molar-refractivity contribution in [2.75, 3.05) is 40.0 Å². The van der Waals surface area contributed by atoms with Gasteiger partial charge in [0.1, 0.15) is 6.10 Å². The maximum atomic E-state index is 12.1. The van der Waals surface area contributed by atoms with Crippen LogP contribution in [0.15, 0.2) is 12.4 Å². The molecule has 1 fully saturated rings. The summed E-state index contributed by atoms with van der Waals surface area (Å²) in [7, 11) is -0.527. The van der Waals surface area contributed by atoms with E-state index in [1.54, 1.807) is 4.90 Å². The summed E-state index contributed by atoms with van der Waals surface area (Å²) >= 11 is 0. The van der Waals surface area contributed by atoms with Gasteiger partial charge in [0.25, 0.3) is 11.8 Å². The number of nitrogens with zero attached hydrogens (tertiary/aromatic N) is 4. The molecule has 0 N–H and O–H groups in total. The highest BCUT2D eigenvalue weighted by molar-refractivity contribution is 7.88. The van der Waals surface area contributed by atoms with E-state index in [0.717, 1.165) is 10.6 Å². The van der Waals surface area contributed by atoms with Crippen LogP contribution in [0.2, 0.25) is 0 Å². The molecular formula is C13H20N4O5S. The molecule has 0 bridgehead atoms. The number of carbonyl (C=O) groups is 1. The Balaban J connectivity index is 1.92. The van der Waals surface area contributed by atoms with E-state index in [4.69, 9.17) is 9.47 Å². The van der Waals surface area contributed by atoms with Gasteiger partial charge in [0.05, 0.1) is 26.5 Å². The first kappa shape index (κ1) is 17.4. The molecule has 0 spiro atoms. The number of sulfonamides is 1. The SMILES string of the molecule is COc1nccnc1OC1CCN(C(=O)CN(C)S(C)(=O)=O)C1. The highest BCUT2D eigenvalue weighted by Crippen LogP contribution is 2.23. The average Bonchev–Trinajstić information content (AvgIpc) is 2.95. The van der Waals surface area contributed by atoms with Crippen molar-refractivity contribution < 1.29 is 22.7 Å². The van der Waals surface area contributed by atoms with E-state index in [9.17, 15) is 13.2 Å². The van der Waals surface area contributed by atoms with Crippen molar-refractivity contribution in [1.82, 2.24) is 19.2 Å². The summed E-state index contributed by atoms with van der Waals surface area (Å²) in [5.74, 6) is 0.312. The predicted molar refractivity (Wildman–Crippen MR) is 81.7 cm³/mol. The Hall–Kier alpha value is -1.94. The van der Waals surface area contributed by atoms with Gasteiger partial charge >= 0.3 is 0 Å². The molecule has 2 heterocycles. The third-order valence-electron chi connectivity index (χ3n) is 3.53. The smallest absolute Gasteiger partial charge is 0.278 e. The number of carbonyl (C=O) groups excluding carboxylic acids is 1. The summed E-state index contributed by atoms with van der Waals surface area (Å²) in [6.45, 7) is 0.694. The summed E-state index contributed by atoms with van der Waals surface area (Å²) in [5, 5.41) is 0. The maximum Gasteiger partial charge on any atom is 0.278 e. The van der Waals surface area contributed by atoms with Crippen LogP contribution < -0.4 is 9.47 Å². The summed E-state index contributed by atoms with van der Waals surface area (Å²) in [5.41, 5.74) is 0. The molecule has 1 aliphatic rings. The zero-order valence-electron chi connectivity index (χ0n) is 13.3. The highest BCUT2D eigenvalue weighted by atomic mass is 32.2. The zero-order valence-corrected chi connectivity index (χ0v) is 14.1. The normalized spacial score (nSPS) is 18.3. The summed E-state index contributed by atoms with van der Waals surface area (Å²) < 4.78 is 34.5. The molecule has 1 aliphatic heterocycles. The number of methoxy groups -OCH3 is 1. The van der Waals surface area contributed by atoms with Crippen LogP contribution >= 0.6 is 0 Å². The minimum absolute atomic E-state index is 0.181. The van der Waals surface area contributed by atoms with Gasteiger partial charge in [0.2, 0.25) is 15.9 Å². The first-order chi connectivity index (χ1) is 10.8. The van der Waals surface area contributed by atoms with Gasteiger partial charge < -0.3 is 14.4 Å². The molecule has 0 aliphatic carbocycles. The van der Waals surface area contributed by atoms with Gasteiger partial charge in [-0.2, -0.15) is 4.31 Å². The van der Waals surface area contributed by atoms with E-state index >= 15 is 0 Å². The van der Waals surface area contributed by atoms with Crippen molar-refractivity contribution in [3.8, 4) is 11.8 Å². The minimum Gasteiger partial charge on any atom is -0.477 e.